The van der Waals surface area contributed by atoms with Crippen LogP contribution in [0.3, 0.4) is 0 Å². The molecule has 0 aliphatic carbocycles. The van der Waals surface area contributed by atoms with E-state index in [9.17, 15) is 14.7 Å². The van der Waals surface area contributed by atoms with Gasteiger partial charge in [0.05, 0.1) is 17.4 Å². The number of benzene rings is 2. The van der Waals surface area contributed by atoms with E-state index in [1.807, 2.05) is 13.0 Å². The number of hydrogen-bond donors (Lipinski definition) is 2. The summed E-state index contributed by atoms with van der Waals surface area (Å²) in [6.07, 6.45) is 5.69. The molecule has 0 bridgehead atoms. The molecule has 5 heteroatoms. The fourth-order valence-corrected chi connectivity index (χ4v) is 3.14. The van der Waals surface area contributed by atoms with Crippen molar-refractivity contribution in [2.45, 2.75) is 59.0 Å². The summed E-state index contributed by atoms with van der Waals surface area (Å²) < 4.78 is 6.06. The van der Waals surface area contributed by atoms with Gasteiger partial charge in [-0.05, 0) is 49.1 Å². The minimum atomic E-state index is -0.988. The van der Waals surface area contributed by atoms with Gasteiger partial charge in [0.15, 0.2) is 0 Å². The van der Waals surface area contributed by atoms with Gasteiger partial charge in [-0.25, -0.2) is 4.79 Å². The molecule has 28 heavy (non-hydrogen) atoms. The number of ether oxygens (including phenoxy) is 1. The van der Waals surface area contributed by atoms with Crippen LogP contribution in [-0.4, -0.2) is 23.1 Å². The summed E-state index contributed by atoms with van der Waals surface area (Å²) in [4.78, 5) is 23.2. The molecule has 1 atom stereocenters. The second-order valence-corrected chi connectivity index (χ2v) is 7.02. The zero-order chi connectivity index (χ0) is 20.5. The predicted octanol–water partition coefficient (Wildman–Crippen LogP) is 5.75. The van der Waals surface area contributed by atoms with Gasteiger partial charge in [-0.15, -0.1) is 0 Å². The van der Waals surface area contributed by atoms with Gasteiger partial charge in [0.1, 0.15) is 5.75 Å². The van der Waals surface area contributed by atoms with Gasteiger partial charge < -0.3 is 15.2 Å². The van der Waals surface area contributed by atoms with E-state index in [4.69, 9.17) is 4.74 Å². The van der Waals surface area contributed by atoms with Crippen LogP contribution in [0.25, 0.3) is 11.1 Å². The highest BCUT2D eigenvalue weighted by molar-refractivity contribution is 5.97. The molecule has 0 unspecified atom stereocenters. The highest BCUT2D eigenvalue weighted by atomic mass is 16.5. The second-order valence-electron chi connectivity index (χ2n) is 7.02. The van der Waals surface area contributed by atoms with Crippen LogP contribution >= 0.6 is 0 Å². The number of carboxylic acids is 1. The van der Waals surface area contributed by atoms with E-state index in [0.29, 0.717) is 22.6 Å². The van der Waals surface area contributed by atoms with E-state index >= 15 is 0 Å². The molecule has 0 saturated carbocycles. The van der Waals surface area contributed by atoms with E-state index in [0.717, 1.165) is 12.8 Å². The van der Waals surface area contributed by atoms with Gasteiger partial charge in [-0.1, -0.05) is 50.5 Å². The topological polar surface area (TPSA) is 75.6 Å². The van der Waals surface area contributed by atoms with Crippen LogP contribution in [0.15, 0.2) is 42.5 Å². The van der Waals surface area contributed by atoms with Crippen LogP contribution in [-0.2, 0) is 4.79 Å². The van der Waals surface area contributed by atoms with Crippen molar-refractivity contribution in [1.29, 1.82) is 0 Å². The van der Waals surface area contributed by atoms with Gasteiger partial charge in [-0.2, -0.15) is 0 Å². The molecule has 5 nitrogen and oxygen atoms in total. The molecule has 0 heterocycles. The molecule has 0 radical (unpaired) electrons. The molecule has 150 valence electrons. The van der Waals surface area contributed by atoms with E-state index in [2.05, 4.69) is 12.2 Å². The average Bonchev–Trinajstić information content (AvgIpc) is 2.66. The third-order valence-electron chi connectivity index (χ3n) is 4.55. The number of hydrogen-bond acceptors (Lipinski definition) is 3. The number of unbranched alkanes of at least 4 members (excludes halogenated alkanes) is 3. The standard InChI is InChI=1S/C23H29NO4/c1-4-5-6-7-10-16(2)28-22-14-13-18(15-21(22)24-17(3)25)19-11-8-9-12-20(19)23(26)27/h8-9,11-16H,4-7,10H2,1-3H3,(H,24,25)(H,26,27)/t16-/m0/s1. The summed E-state index contributed by atoms with van der Waals surface area (Å²) in [5.74, 6) is -0.600. The number of aromatic carboxylic acids is 1. The molecule has 0 fully saturated rings. The highest BCUT2D eigenvalue weighted by Crippen LogP contribution is 2.33. The molecule has 0 aromatic heterocycles. The lowest BCUT2D eigenvalue weighted by Crippen LogP contribution is -2.14. The molecule has 2 aromatic carbocycles. The van der Waals surface area contributed by atoms with Crippen molar-refractivity contribution in [3.8, 4) is 16.9 Å². The van der Waals surface area contributed by atoms with Gasteiger partial charge >= 0.3 is 5.97 Å². The minimum absolute atomic E-state index is 0.0292. The zero-order valence-corrected chi connectivity index (χ0v) is 16.8. The van der Waals surface area contributed by atoms with Crippen molar-refractivity contribution in [3.05, 3.63) is 48.0 Å². The Kier molecular flexibility index (Phi) is 8.05. The van der Waals surface area contributed by atoms with E-state index in [1.165, 1.54) is 26.2 Å². The third kappa shape index (κ3) is 6.12. The van der Waals surface area contributed by atoms with Crippen molar-refractivity contribution >= 4 is 17.6 Å². The number of carbonyl (C=O) groups excluding carboxylic acids is 1. The maximum absolute atomic E-state index is 11.7. The van der Waals surface area contributed by atoms with Gasteiger partial charge in [0.2, 0.25) is 5.91 Å². The fraction of sp³-hybridized carbons (Fsp3) is 0.391. The minimum Gasteiger partial charge on any atom is -0.489 e. The Morgan fingerprint density at radius 3 is 2.54 bits per heavy atom. The molecular formula is C23H29NO4. The first-order valence-corrected chi connectivity index (χ1v) is 9.83. The summed E-state index contributed by atoms with van der Waals surface area (Å²) in [6, 6.07) is 12.2. The predicted molar refractivity (Wildman–Crippen MR) is 112 cm³/mol. The van der Waals surface area contributed by atoms with Gasteiger partial charge in [0, 0.05) is 6.92 Å². The lowest BCUT2D eigenvalue weighted by atomic mass is 9.99. The molecule has 0 aliphatic heterocycles. The first-order valence-electron chi connectivity index (χ1n) is 9.83. The number of nitrogens with one attached hydrogen (secondary N) is 1. The normalized spacial score (nSPS) is 11.7. The number of carbonyl (C=O) groups is 2. The fourth-order valence-electron chi connectivity index (χ4n) is 3.14. The largest absolute Gasteiger partial charge is 0.489 e. The Morgan fingerprint density at radius 2 is 1.86 bits per heavy atom. The molecule has 0 spiro atoms. The Bertz CT molecular complexity index is 816. The lowest BCUT2D eigenvalue weighted by molar-refractivity contribution is -0.114. The number of anilines is 1. The van der Waals surface area contributed by atoms with E-state index < -0.39 is 5.97 Å². The summed E-state index contributed by atoms with van der Waals surface area (Å²) in [6.45, 7) is 5.65. The van der Waals surface area contributed by atoms with Gasteiger partial charge in [-0.3, -0.25) is 4.79 Å². The maximum atomic E-state index is 11.7. The summed E-state index contributed by atoms with van der Waals surface area (Å²) in [5, 5.41) is 12.2. The quantitative estimate of drug-likeness (QED) is 0.512. The van der Waals surface area contributed by atoms with E-state index in [1.54, 1.807) is 36.4 Å². The zero-order valence-electron chi connectivity index (χ0n) is 16.8. The van der Waals surface area contributed by atoms with Crippen molar-refractivity contribution in [2.75, 3.05) is 5.32 Å². The Morgan fingerprint density at radius 1 is 1.11 bits per heavy atom. The third-order valence-corrected chi connectivity index (χ3v) is 4.55. The smallest absolute Gasteiger partial charge is 0.336 e. The maximum Gasteiger partial charge on any atom is 0.336 e. The Hall–Kier alpha value is -2.82. The van der Waals surface area contributed by atoms with Crippen molar-refractivity contribution < 1.29 is 19.4 Å². The SMILES string of the molecule is CCCCCC[C@H](C)Oc1ccc(-c2ccccc2C(=O)O)cc1NC(C)=O. The Labute approximate surface area is 166 Å². The van der Waals surface area contributed by atoms with Crippen molar-refractivity contribution in [3.63, 3.8) is 0 Å². The molecule has 2 aromatic rings. The highest BCUT2D eigenvalue weighted by Gasteiger charge is 2.15. The number of carboxylic acid groups (broad SMARTS) is 1. The first kappa shape index (κ1) is 21.5. The van der Waals surface area contributed by atoms with Crippen molar-refractivity contribution in [1.82, 2.24) is 0 Å². The lowest BCUT2D eigenvalue weighted by Gasteiger charge is -2.19. The number of amides is 1. The van der Waals surface area contributed by atoms with Crippen LogP contribution in [0, 0.1) is 0 Å². The van der Waals surface area contributed by atoms with Crippen molar-refractivity contribution in [2.24, 2.45) is 0 Å². The second kappa shape index (κ2) is 10.5. The molecular weight excluding hydrogens is 354 g/mol. The van der Waals surface area contributed by atoms with Crippen LogP contribution in [0.5, 0.6) is 5.75 Å². The molecule has 2 rings (SSSR count). The van der Waals surface area contributed by atoms with Crippen LogP contribution in [0.2, 0.25) is 0 Å². The molecule has 2 N–H and O–H groups in total. The molecule has 1 amide bonds. The van der Waals surface area contributed by atoms with Crippen LogP contribution < -0.4 is 10.1 Å². The molecule has 0 saturated heterocycles. The summed E-state index contributed by atoms with van der Waals surface area (Å²) in [7, 11) is 0. The Balaban J connectivity index is 2.26. The first-order chi connectivity index (χ1) is 13.4. The summed E-state index contributed by atoms with van der Waals surface area (Å²) >= 11 is 0. The monoisotopic (exact) mass is 383 g/mol. The van der Waals surface area contributed by atoms with Gasteiger partial charge in [0.25, 0.3) is 0 Å². The average molecular weight is 383 g/mol. The van der Waals surface area contributed by atoms with Crippen LogP contribution in [0.4, 0.5) is 5.69 Å². The van der Waals surface area contributed by atoms with E-state index in [-0.39, 0.29) is 17.6 Å². The number of rotatable bonds is 10. The van der Waals surface area contributed by atoms with Crippen LogP contribution in [0.1, 0.15) is 63.2 Å². The molecule has 0 aliphatic rings. The summed E-state index contributed by atoms with van der Waals surface area (Å²) in [5.41, 5.74) is 2.07.